The van der Waals surface area contributed by atoms with Crippen LogP contribution < -0.4 is 0 Å². The lowest BCUT2D eigenvalue weighted by molar-refractivity contribution is -0.144. The maximum Gasteiger partial charge on any atom is 0.234 e. The summed E-state index contributed by atoms with van der Waals surface area (Å²) in [6.07, 6.45) is 8.17. The second-order valence-electron chi connectivity index (χ2n) is 13.5. The Balaban J connectivity index is 1.14. The molecule has 3 saturated heterocycles. The molecule has 4 aliphatic rings. The first-order chi connectivity index (χ1) is 21.4. The first-order valence-corrected chi connectivity index (χ1v) is 16.7. The van der Waals surface area contributed by atoms with Gasteiger partial charge in [0.1, 0.15) is 18.1 Å². The van der Waals surface area contributed by atoms with Gasteiger partial charge in [-0.05, 0) is 73.8 Å². The number of hydrogen-bond donors (Lipinski definition) is 1. The molecule has 0 saturated carbocycles. The van der Waals surface area contributed by atoms with E-state index in [9.17, 15) is 14.7 Å². The van der Waals surface area contributed by atoms with Crippen molar-refractivity contribution < 1.29 is 23.8 Å². The topological polar surface area (TPSA) is 83.2 Å². The molecule has 0 spiro atoms. The lowest BCUT2D eigenvalue weighted by atomic mass is 9.67. The van der Waals surface area contributed by atoms with Gasteiger partial charge < -0.3 is 14.3 Å². The number of aliphatic hydroxyl groups excluding tert-OH is 1. The number of carbonyl (C=O) groups is 2. The van der Waals surface area contributed by atoms with E-state index in [2.05, 4.69) is 56.0 Å². The Morgan fingerprint density at radius 1 is 1.02 bits per heavy atom. The van der Waals surface area contributed by atoms with Crippen molar-refractivity contribution in [1.29, 1.82) is 0 Å². The van der Waals surface area contributed by atoms with E-state index in [1.54, 1.807) is 4.90 Å². The number of amides is 2. The second-order valence-corrected chi connectivity index (χ2v) is 13.5. The fourth-order valence-corrected chi connectivity index (χ4v) is 8.19. The minimum Gasteiger partial charge on any atom is -0.459 e. The van der Waals surface area contributed by atoms with Gasteiger partial charge in [0.2, 0.25) is 11.8 Å². The summed E-state index contributed by atoms with van der Waals surface area (Å²) in [6.45, 7) is 9.73. The number of imide groups is 1. The van der Waals surface area contributed by atoms with Crippen LogP contribution in [0.2, 0.25) is 0 Å². The molecule has 1 aromatic carbocycles. The Labute approximate surface area is 261 Å². The van der Waals surface area contributed by atoms with E-state index in [1.807, 2.05) is 18.2 Å². The fourth-order valence-electron chi connectivity index (χ4n) is 8.19. The maximum absolute atomic E-state index is 14.1. The molecule has 7 heteroatoms. The lowest BCUT2D eigenvalue weighted by Gasteiger charge is -2.36. The van der Waals surface area contributed by atoms with Gasteiger partial charge in [0, 0.05) is 31.6 Å². The highest BCUT2D eigenvalue weighted by Crippen LogP contribution is 2.52. The molecule has 3 fully saturated rings. The molecule has 4 atom stereocenters. The molecule has 236 valence electrons. The molecule has 1 aromatic heterocycles. The van der Waals surface area contributed by atoms with Gasteiger partial charge in [-0.3, -0.25) is 19.4 Å². The van der Waals surface area contributed by atoms with E-state index < -0.39 is 0 Å². The molecule has 3 aliphatic heterocycles. The molecule has 0 bridgehead atoms. The Hall–Kier alpha value is -3.00. The zero-order valence-corrected chi connectivity index (χ0v) is 26.5. The highest BCUT2D eigenvalue weighted by molar-refractivity contribution is 6.06. The van der Waals surface area contributed by atoms with E-state index in [4.69, 9.17) is 9.15 Å². The number of nitrogens with zero attached hydrogens (tertiary/aromatic N) is 2. The molecule has 1 N–H and O–H groups in total. The summed E-state index contributed by atoms with van der Waals surface area (Å²) < 4.78 is 12.2. The van der Waals surface area contributed by atoms with E-state index in [0.29, 0.717) is 24.7 Å². The van der Waals surface area contributed by atoms with Crippen LogP contribution >= 0.6 is 0 Å². The number of ether oxygens (including phenoxy) is 1. The average molecular weight is 601 g/mol. The third-order valence-corrected chi connectivity index (χ3v) is 10.3. The van der Waals surface area contributed by atoms with Crippen molar-refractivity contribution in [2.75, 3.05) is 19.7 Å². The summed E-state index contributed by atoms with van der Waals surface area (Å²) in [5, 5.41) is 9.38. The van der Waals surface area contributed by atoms with Crippen LogP contribution in [0, 0.1) is 23.7 Å². The Morgan fingerprint density at radius 2 is 1.80 bits per heavy atom. The number of benzene rings is 1. The van der Waals surface area contributed by atoms with Gasteiger partial charge in [-0.25, -0.2) is 0 Å². The number of piperidine rings is 1. The Bertz CT molecular complexity index is 1380. The smallest absolute Gasteiger partial charge is 0.234 e. The molecule has 7 nitrogen and oxygen atoms in total. The van der Waals surface area contributed by atoms with Crippen molar-refractivity contribution in [3.05, 3.63) is 76.3 Å². The largest absolute Gasteiger partial charge is 0.459 e. The van der Waals surface area contributed by atoms with Crippen LogP contribution in [0.3, 0.4) is 0 Å². The van der Waals surface area contributed by atoms with Crippen LogP contribution in [0.15, 0.2) is 63.6 Å². The van der Waals surface area contributed by atoms with Crippen molar-refractivity contribution >= 4 is 17.9 Å². The van der Waals surface area contributed by atoms with Gasteiger partial charge in [-0.1, -0.05) is 68.7 Å². The number of likely N-dealkylation sites (tertiary alicyclic amines) is 2. The van der Waals surface area contributed by atoms with Crippen LogP contribution in [-0.2, 0) is 27.5 Å². The van der Waals surface area contributed by atoms with Crippen LogP contribution in [0.25, 0.3) is 6.08 Å². The molecule has 6 rings (SSSR count). The number of rotatable bonds is 11. The average Bonchev–Trinajstić information content (AvgIpc) is 3.73. The summed E-state index contributed by atoms with van der Waals surface area (Å²) in [5.74, 6) is 1.18. The molecule has 2 amide bonds. The summed E-state index contributed by atoms with van der Waals surface area (Å²) in [7, 11) is 0. The van der Waals surface area contributed by atoms with Gasteiger partial charge in [-0.15, -0.1) is 0 Å². The molecule has 0 radical (unpaired) electrons. The summed E-state index contributed by atoms with van der Waals surface area (Å²) in [6, 6.07) is 14.2. The summed E-state index contributed by atoms with van der Waals surface area (Å²) >= 11 is 0. The number of fused-ring (bicyclic) bond motifs is 3. The van der Waals surface area contributed by atoms with Crippen LogP contribution in [0.5, 0.6) is 0 Å². The molecule has 44 heavy (non-hydrogen) atoms. The van der Waals surface area contributed by atoms with Crippen molar-refractivity contribution in [3.63, 3.8) is 0 Å². The van der Waals surface area contributed by atoms with E-state index >= 15 is 0 Å². The van der Waals surface area contributed by atoms with Crippen LogP contribution in [-0.4, -0.2) is 58.6 Å². The Morgan fingerprint density at radius 3 is 2.48 bits per heavy atom. The quantitative estimate of drug-likeness (QED) is 0.238. The SMILES string of the molecule is CCC/C(=C\c1ccc(CO)o1)CC[C@H]1OC[C@H]2C1=C(C(C)C)C[C@H]1C(=O)N(C3CCN(Cc4ccccc4)CC3)C(=O)[C@H]12. The van der Waals surface area contributed by atoms with Gasteiger partial charge >= 0.3 is 0 Å². The predicted octanol–water partition coefficient (Wildman–Crippen LogP) is 6.37. The highest BCUT2D eigenvalue weighted by Gasteiger charge is 2.58. The monoisotopic (exact) mass is 600 g/mol. The molecular weight excluding hydrogens is 552 g/mol. The standard InChI is InChI=1S/C37H48N2O5/c1-4-8-25(19-28-12-13-29(22-40)44-28)11-14-33-34-30(24(2)3)20-31-35(32(34)23-43-33)37(42)39(36(31)41)27-15-17-38(18-16-27)21-26-9-6-5-7-10-26/h5-7,9-10,12-13,19,24,27,31-33,35,40H,4,8,11,14-18,20-23H2,1-3H3/b25-19+/t31-,32+,33-,35-/m1/s1. The van der Waals surface area contributed by atoms with E-state index in [0.717, 1.165) is 63.9 Å². The van der Waals surface area contributed by atoms with Crippen LogP contribution in [0.4, 0.5) is 0 Å². The second kappa shape index (κ2) is 13.6. The molecular formula is C37H48N2O5. The van der Waals surface area contributed by atoms with Gasteiger partial charge in [-0.2, -0.15) is 0 Å². The first kappa shape index (κ1) is 31.0. The first-order valence-electron chi connectivity index (χ1n) is 16.7. The van der Waals surface area contributed by atoms with Crippen molar-refractivity contribution in [2.45, 2.75) is 91.0 Å². The third kappa shape index (κ3) is 6.24. The van der Waals surface area contributed by atoms with Gasteiger partial charge in [0.25, 0.3) is 0 Å². The molecule has 1 aliphatic carbocycles. The third-order valence-electron chi connectivity index (χ3n) is 10.3. The van der Waals surface area contributed by atoms with Crippen molar-refractivity contribution in [1.82, 2.24) is 9.80 Å². The van der Waals surface area contributed by atoms with E-state index in [-0.39, 0.29) is 48.3 Å². The molecule has 4 heterocycles. The molecule has 2 aromatic rings. The maximum atomic E-state index is 14.1. The normalized spacial score (nSPS) is 26.7. The summed E-state index contributed by atoms with van der Waals surface area (Å²) in [5.41, 5.74) is 5.24. The van der Waals surface area contributed by atoms with Crippen LogP contribution in [0.1, 0.15) is 82.8 Å². The predicted molar refractivity (Wildman–Crippen MR) is 170 cm³/mol. The lowest BCUT2D eigenvalue weighted by Crippen LogP contribution is -2.47. The van der Waals surface area contributed by atoms with Gasteiger partial charge in [0.05, 0.1) is 24.5 Å². The Kier molecular flexibility index (Phi) is 9.55. The highest BCUT2D eigenvalue weighted by atomic mass is 16.5. The van der Waals surface area contributed by atoms with Crippen molar-refractivity contribution in [2.24, 2.45) is 23.7 Å². The minimum atomic E-state index is -0.293. The molecule has 0 unspecified atom stereocenters. The number of furan rings is 1. The van der Waals surface area contributed by atoms with E-state index in [1.165, 1.54) is 22.3 Å². The minimum absolute atomic E-state index is 0.00781. The van der Waals surface area contributed by atoms with Crippen molar-refractivity contribution in [3.8, 4) is 0 Å². The number of hydrogen-bond acceptors (Lipinski definition) is 6. The number of allylic oxidation sites excluding steroid dienone is 2. The fraction of sp³-hybridized carbons (Fsp3) is 0.568. The zero-order valence-electron chi connectivity index (χ0n) is 26.5. The zero-order chi connectivity index (χ0) is 30.8. The summed E-state index contributed by atoms with van der Waals surface area (Å²) in [4.78, 5) is 32.2. The number of carbonyl (C=O) groups excluding carboxylic acids is 2. The number of aliphatic hydroxyl groups is 1. The van der Waals surface area contributed by atoms with Gasteiger partial charge in [0.15, 0.2) is 0 Å².